The average Bonchev–Trinajstić information content (AvgIpc) is 2.80. The van der Waals surface area contributed by atoms with Crippen LogP contribution in [-0.2, 0) is 0 Å². The van der Waals surface area contributed by atoms with Gasteiger partial charge in [0.15, 0.2) is 0 Å². The van der Waals surface area contributed by atoms with E-state index in [4.69, 9.17) is 5.73 Å². The number of benzene rings is 1. The van der Waals surface area contributed by atoms with Gasteiger partial charge in [-0.3, -0.25) is 14.9 Å². The lowest BCUT2D eigenvalue weighted by Gasteiger charge is -2.08. The van der Waals surface area contributed by atoms with Crippen LogP contribution < -0.4 is 5.73 Å². The monoisotopic (exact) mass is 262 g/mol. The SMILES string of the molecule is Cc1c(C(N)=O)ccc([N+](=O)[O-])c1-c1cccs1. The van der Waals surface area contributed by atoms with E-state index in [2.05, 4.69) is 0 Å². The molecule has 6 heteroatoms. The lowest BCUT2D eigenvalue weighted by Crippen LogP contribution is -2.13. The summed E-state index contributed by atoms with van der Waals surface area (Å²) in [6.07, 6.45) is 0. The maximum Gasteiger partial charge on any atom is 0.278 e. The van der Waals surface area contributed by atoms with Crippen molar-refractivity contribution in [2.24, 2.45) is 5.73 Å². The molecule has 1 amide bonds. The molecule has 1 aromatic carbocycles. The van der Waals surface area contributed by atoms with E-state index in [0.29, 0.717) is 16.7 Å². The molecule has 0 spiro atoms. The quantitative estimate of drug-likeness (QED) is 0.681. The zero-order valence-corrected chi connectivity index (χ0v) is 10.4. The van der Waals surface area contributed by atoms with Crippen LogP contribution >= 0.6 is 11.3 Å². The molecule has 2 rings (SSSR count). The summed E-state index contributed by atoms with van der Waals surface area (Å²) in [5.41, 5.74) is 6.56. The smallest absolute Gasteiger partial charge is 0.278 e. The number of thiophene rings is 1. The summed E-state index contributed by atoms with van der Waals surface area (Å²) in [5.74, 6) is -0.583. The van der Waals surface area contributed by atoms with Gasteiger partial charge in [0.2, 0.25) is 5.91 Å². The van der Waals surface area contributed by atoms with Gasteiger partial charge in [0.05, 0.1) is 10.5 Å². The second kappa shape index (κ2) is 4.58. The molecular formula is C12H10N2O3S. The van der Waals surface area contributed by atoms with Gasteiger partial charge >= 0.3 is 0 Å². The Morgan fingerprint density at radius 2 is 2.11 bits per heavy atom. The van der Waals surface area contributed by atoms with Crippen LogP contribution in [0.4, 0.5) is 5.69 Å². The van der Waals surface area contributed by atoms with Gasteiger partial charge in [-0.25, -0.2) is 0 Å². The van der Waals surface area contributed by atoms with Crippen molar-refractivity contribution in [1.29, 1.82) is 0 Å². The highest BCUT2D eigenvalue weighted by Crippen LogP contribution is 2.37. The molecule has 0 unspecified atom stereocenters. The fraction of sp³-hybridized carbons (Fsp3) is 0.0833. The van der Waals surface area contributed by atoms with E-state index in [9.17, 15) is 14.9 Å². The van der Waals surface area contributed by atoms with E-state index in [1.165, 1.54) is 23.5 Å². The fourth-order valence-corrected chi connectivity index (χ4v) is 2.68. The number of rotatable bonds is 3. The number of nitrogens with two attached hydrogens (primary N) is 1. The Balaban J connectivity index is 2.77. The first kappa shape index (κ1) is 12.3. The number of hydrogen-bond acceptors (Lipinski definition) is 4. The standard InChI is InChI=1S/C12H10N2O3S/c1-7-8(12(13)15)4-5-9(14(16)17)11(7)10-3-2-6-18-10/h2-6H,1H3,(H2,13,15). The molecule has 0 saturated heterocycles. The van der Waals surface area contributed by atoms with E-state index < -0.39 is 10.8 Å². The Labute approximate surface area is 107 Å². The fourth-order valence-electron chi connectivity index (χ4n) is 1.85. The maximum atomic E-state index is 11.3. The van der Waals surface area contributed by atoms with Crippen molar-refractivity contribution in [2.45, 2.75) is 6.92 Å². The second-order valence-corrected chi connectivity index (χ2v) is 4.68. The van der Waals surface area contributed by atoms with Crippen LogP contribution in [0.5, 0.6) is 0 Å². The Hall–Kier alpha value is -2.21. The van der Waals surface area contributed by atoms with Gasteiger partial charge in [-0.15, -0.1) is 11.3 Å². The third kappa shape index (κ3) is 1.98. The maximum absolute atomic E-state index is 11.3. The minimum Gasteiger partial charge on any atom is -0.366 e. The molecule has 92 valence electrons. The van der Waals surface area contributed by atoms with Crippen LogP contribution in [0.2, 0.25) is 0 Å². The highest BCUT2D eigenvalue weighted by Gasteiger charge is 2.22. The first-order valence-electron chi connectivity index (χ1n) is 5.14. The third-order valence-electron chi connectivity index (χ3n) is 2.67. The lowest BCUT2D eigenvalue weighted by atomic mass is 9.99. The van der Waals surface area contributed by atoms with Crippen LogP contribution in [0.3, 0.4) is 0 Å². The van der Waals surface area contributed by atoms with Crippen molar-refractivity contribution in [3.63, 3.8) is 0 Å². The zero-order valence-electron chi connectivity index (χ0n) is 9.54. The van der Waals surface area contributed by atoms with Gasteiger partial charge < -0.3 is 5.73 Å². The van der Waals surface area contributed by atoms with Gasteiger partial charge in [0.1, 0.15) is 0 Å². The molecule has 2 aromatic rings. The predicted molar refractivity (Wildman–Crippen MR) is 69.7 cm³/mol. The molecule has 0 radical (unpaired) electrons. The number of nitro benzene ring substituents is 1. The van der Waals surface area contributed by atoms with Crippen LogP contribution in [0.15, 0.2) is 29.6 Å². The van der Waals surface area contributed by atoms with E-state index in [1.807, 2.05) is 5.38 Å². The van der Waals surface area contributed by atoms with Crippen molar-refractivity contribution >= 4 is 22.9 Å². The Morgan fingerprint density at radius 3 is 2.61 bits per heavy atom. The minimum absolute atomic E-state index is 0.0139. The van der Waals surface area contributed by atoms with Crippen molar-refractivity contribution < 1.29 is 9.72 Å². The zero-order chi connectivity index (χ0) is 13.3. The molecule has 0 bridgehead atoms. The molecule has 0 aliphatic rings. The van der Waals surface area contributed by atoms with Crippen molar-refractivity contribution in [3.8, 4) is 10.4 Å². The second-order valence-electron chi connectivity index (χ2n) is 3.73. The van der Waals surface area contributed by atoms with Crippen LogP contribution in [-0.4, -0.2) is 10.8 Å². The van der Waals surface area contributed by atoms with Gasteiger partial charge in [0.25, 0.3) is 5.69 Å². The average molecular weight is 262 g/mol. The molecule has 2 N–H and O–H groups in total. The Morgan fingerprint density at radius 1 is 1.39 bits per heavy atom. The normalized spacial score (nSPS) is 10.3. The minimum atomic E-state index is -0.583. The number of nitrogens with zero attached hydrogens (tertiary/aromatic N) is 1. The summed E-state index contributed by atoms with van der Waals surface area (Å²) in [4.78, 5) is 22.6. The summed E-state index contributed by atoms with van der Waals surface area (Å²) in [6, 6.07) is 6.31. The van der Waals surface area contributed by atoms with Crippen molar-refractivity contribution in [3.05, 3.63) is 50.9 Å². The lowest BCUT2D eigenvalue weighted by molar-refractivity contribution is -0.384. The molecule has 1 aromatic heterocycles. The summed E-state index contributed by atoms with van der Waals surface area (Å²) in [7, 11) is 0. The number of nitro groups is 1. The number of carbonyl (C=O) groups is 1. The highest BCUT2D eigenvalue weighted by atomic mass is 32.1. The summed E-state index contributed by atoms with van der Waals surface area (Å²) >= 11 is 1.39. The van der Waals surface area contributed by atoms with E-state index in [0.717, 1.165) is 4.88 Å². The van der Waals surface area contributed by atoms with Crippen molar-refractivity contribution in [1.82, 2.24) is 0 Å². The molecule has 0 aliphatic carbocycles. The van der Waals surface area contributed by atoms with E-state index in [-0.39, 0.29) is 5.69 Å². The largest absolute Gasteiger partial charge is 0.366 e. The molecule has 1 heterocycles. The molecule has 0 saturated carbocycles. The first-order valence-corrected chi connectivity index (χ1v) is 6.02. The first-order chi connectivity index (χ1) is 8.52. The van der Waals surface area contributed by atoms with Crippen LogP contribution in [0.1, 0.15) is 15.9 Å². The Bertz CT molecular complexity index is 621. The van der Waals surface area contributed by atoms with Gasteiger partial charge in [-0.05, 0) is 30.0 Å². The van der Waals surface area contributed by atoms with E-state index >= 15 is 0 Å². The van der Waals surface area contributed by atoms with Gasteiger partial charge in [0, 0.05) is 16.5 Å². The molecule has 0 aliphatic heterocycles. The number of primary amides is 1. The molecule has 0 fully saturated rings. The topological polar surface area (TPSA) is 86.2 Å². The highest BCUT2D eigenvalue weighted by molar-refractivity contribution is 7.13. The van der Waals surface area contributed by atoms with Gasteiger partial charge in [-0.2, -0.15) is 0 Å². The number of hydrogen-bond donors (Lipinski definition) is 1. The van der Waals surface area contributed by atoms with Crippen LogP contribution in [0, 0.1) is 17.0 Å². The van der Waals surface area contributed by atoms with Crippen molar-refractivity contribution in [2.75, 3.05) is 0 Å². The molecule has 0 atom stereocenters. The molecule has 5 nitrogen and oxygen atoms in total. The van der Waals surface area contributed by atoms with Gasteiger partial charge in [-0.1, -0.05) is 6.07 Å². The summed E-state index contributed by atoms with van der Waals surface area (Å²) in [6.45, 7) is 1.67. The molecule has 18 heavy (non-hydrogen) atoms. The Kier molecular flexibility index (Phi) is 3.12. The summed E-state index contributed by atoms with van der Waals surface area (Å²) in [5, 5.41) is 12.9. The van der Waals surface area contributed by atoms with Crippen LogP contribution in [0.25, 0.3) is 10.4 Å². The third-order valence-corrected chi connectivity index (χ3v) is 3.56. The predicted octanol–water partition coefficient (Wildman–Crippen LogP) is 2.73. The summed E-state index contributed by atoms with van der Waals surface area (Å²) < 4.78 is 0. The molecular weight excluding hydrogens is 252 g/mol. The number of carbonyl (C=O) groups excluding carboxylic acids is 1. The number of amides is 1. The van der Waals surface area contributed by atoms with E-state index in [1.54, 1.807) is 19.1 Å².